The van der Waals surface area contributed by atoms with E-state index in [1.165, 1.54) is 13.2 Å². The molecule has 148 valence electrons. The van der Waals surface area contributed by atoms with Crippen molar-refractivity contribution in [3.8, 4) is 11.5 Å². The van der Waals surface area contributed by atoms with Gasteiger partial charge < -0.3 is 23.9 Å². The van der Waals surface area contributed by atoms with E-state index in [-0.39, 0.29) is 13.0 Å². The van der Waals surface area contributed by atoms with Crippen LogP contribution in [0, 0.1) is 0 Å². The van der Waals surface area contributed by atoms with Gasteiger partial charge in [-0.05, 0) is 24.3 Å². The molecular formula is C21H17NO7. The number of ether oxygens (including phenoxy) is 3. The van der Waals surface area contributed by atoms with Crippen molar-refractivity contribution in [3.63, 3.8) is 0 Å². The fourth-order valence-electron chi connectivity index (χ4n) is 3.05. The first-order chi connectivity index (χ1) is 14.0. The van der Waals surface area contributed by atoms with E-state index in [2.05, 4.69) is 5.32 Å². The number of rotatable bonds is 5. The molecule has 0 saturated carbocycles. The standard InChI is InChI=1S/C21H17NO7/c1-26-13-6-7-14-12(8-20(24)29-17(14)9-13)11-27-19(23)10-18-21(25)22-15-4-2-3-5-16(15)28-18/h2-9,18H,10-11H2,1H3,(H,22,25). The van der Waals surface area contributed by atoms with Crippen LogP contribution in [0.5, 0.6) is 11.5 Å². The van der Waals surface area contributed by atoms with E-state index in [0.717, 1.165) is 0 Å². The smallest absolute Gasteiger partial charge is 0.336 e. The van der Waals surface area contributed by atoms with Crippen LogP contribution in [-0.4, -0.2) is 25.1 Å². The van der Waals surface area contributed by atoms with Crippen LogP contribution < -0.4 is 20.4 Å². The van der Waals surface area contributed by atoms with Crippen LogP contribution >= 0.6 is 0 Å². The summed E-state index contributed by atoms with van der Waals surface area (Å²) in [5, 5.41) is 3.32. The minimum Gasteiger partial charge on any atom is -0.497 e. The number of hydrogen-bond acceptors (Lipinski definition) is 7. The lowest BCUT2D eigenvalue weighted by Gasteiger charge is -2.25. The first-order valence-electron chi connectivity index (χ1n) is 8.86. The summed E-state index contributed by atoms with van der Waals surface area (Å²) in [6.45, 7) is -0.141. The lowest BCUT2D eigenvalue weighted by Crippen LogP contribution is -2.38. The number of carbonyl (C=O) groups is 2. The summed E-state index contributed by atoms with van der Waals surface area (Å²) in [6.07, 6.45) is -1.24. The van der Waals surface area contributed by atoms with Crippen molar-refractivity contribution in [3.05, 3.63) is 64.5 Å². The van der Waals surface area contributed by atoms with E-state index < -0.39 is 23.6 Å². The molecule has 8 heteroatoms. The third-order valence-corrected chi connectivity index (χ3v) is 4.48. The van der Waals surface area contributed by atoms with Gasteiger partial charge in [0, 0.05) is 23.1 Å². The molecule has 0 radical (unpaired) electrons. The lowest BCUT2D eigenvalue weighted by molar-refractivity contribution is -0.149. The van der Waals surface area contributed by atoms with Crippen LogP contribution in [-0.2, 0) is 20.9 Å². The minimum absolute atomic E-state index is 0.141. The van der Waals surface area contributed by atoms with Crippen molar-refractivity contribution < 1.29 is 28.2 Å². The zero-order valence-electron chi connectivity index (χ0n) is 15.5. The summed E-state index contributed by atoms with van der Waals surface area (Å²) in [4.78, 5) is 36.2. The van der Waals surface area contributed by atoms with E-state index in [1.807, 2.05) is 0 Å². The third-order valence-electron chi connectivity index (χ3n) is 4.48. The van der Waals surface area contributed by atoms with Crippen LogP contribution in [0.15, 0.2) is 57.7 Å². The van der Waals surface area contributed by atoms with Gasteiger partial charge in [0.1, 0.15) is 23.7 Å². The number of carbonyl (C=O) groups excluding carboxylic acids is 2. The normalized spacial score (nSPS) is 15.2. The van der Waals surface area contributed by atoms with E-state index >= 15 is 0 Å². The number of benzene rings is 2. The average molecular weight is 395 g/mol. The van der Waals surface area contributed by atoms with Crippen LogP contribution in [0.3, 0.4) is 0 Å². The Labute approximate surface area is 165 Å². The summed E-state index contributed by atoms with van der Waals surface area (Å²) in [6, 6.07) is 13.2. The van der Waals surface area contributed by atoms with E-state index in [4.69, 9.17) is 18.6 Å². The minimum atomic E-state index is -0.987. The second-order valence-corrected chi connectivity index (χ2v) is 6.41. The molecule has 0 bridgehead atoms. The van der Waals surface area contributed by atoms with Gasteiger partial charge >= 0.3 is 11.6 Å². The summed E-state index contributed by atoms with van der Waals surface area (Å²) in [5.74, 6) is -0.0148. The number of para-hydroxylation sites is 2. The topological polar surface area (TPSA) is 104 Å². The first-order valence-corrected chi connectivity index (χ1v) is 8.86. The average Bonchev–Trinajstić information content (AvgIpc) is 2.72. The van der Waals surface area contributed by atoms with E-state index in [9.17, 15) is 14.4 Å². The molecule has 2 heterocycles. The number of hydrogen-bond donors (Lipinski definition) is 1. The second kappa shape index (κ2) is 7.67. The Morgan fingerprint density at radius 2 is 1.97 bits per heavy atom. The largest absolute Gasteiger partial charge is 0.497 e. The van der Waals surface area contributed by atoms with Crippen LogP contribution in [0.1, 0.15) is 12.0 Å². The Hall–Kier alpha value is -3.81. The summed E-state index contributed by atoms with van der Waals surface area (Å²) in [5.41, 5.74) is 0.810. The van der Waals surface area contributed by atoms with Crippen molar-refractivity contribution in [2.24, 2.45) is 0 Å². The molecule has 0 aliphatic carbocycles. The number of nitrogens with one attached hydrogen (secondary N) is 1. The maximum absolute atomic E-state index is 12.3. The van der Waals surface area contributed by atoms with Crippen LogP contribution in [0.2, 0.25) is 0 Å². The van der Waals surface area contributed by atoms with Gasteiger partial charge in [-0.15, -0.1) is 0 Å². The lowest BCUT2D eigenvalue weighted by atomic mass is 10.1. The molecule has 29 heavy (non-hydrogen) atoms. The predicted octanol–water partition coefficient (Wildman–Crippen LogP) is 2.63. The molecule has 1 aromatic heterocycles. The van der Waals surface area contributed by atoms with Gasteiger partial charge in [0.15, 0.2) is 6.10 Å². The maximum Gasteiger partial charge on any atom is 0.336 e. The highest BCUT2D eigenvalue weighted by Gasteiger charge is 2.30. The molecular weight excluding hydrogens is 378 g/mol. The molecule has 1 N–H and O–H groups in total. The number of esters is 1. The zero-order chi connectivity index (χ0) is 20.4. The summed E-state index contributed by atoms with van der Waals surface area (Å²) >= 11 is 0. The maximum atomic E-state index is 12.3. The van der Waals surface area contributed by atoms with Gasteiger partial charge in [-0.1, -0.05) is 12.1 Å². The molecule has 3 aromatic rings. The van der Waals surface area contributed by atoms with Crippen molar-refractivity contribution in [1.82, 2.24) is 0 Å². The number of anilines is 1. The van der Waals surface area contributed by atoms with Crippen molar-refractivity contribution >= 4 is 28.5 Å². The molecule has 2 aromatic carbocycles. The number of fused-ring (bicyclic) bond motifs is 2. The number of methoxy groups -OCH3 is 1. The molecule has 1 unspecified atom stereocenters. The number of amides is 1. The molecule has 1 amide bonds. The fraction of sp³-hybridized carbons (Fsp3) is 0.190. The molecule has 0 spiro atoms. The predicted molar refractivity (Wildman–Crippen MR) is 103 cm³/mol. The Morgan fingerprint density at radius 1 is 1.14 bits per heavy atom. The molecule has 1 aliphatic rings. The van der Waals surface area contributed by atoms with Crippen LogP contribution in [0.4, 0.5) is 5.69 Å². The van der Waals surface area contributed by atoms with E-state index in [1.54, 1.807) is 42.5 Å². The third kappa shape index (κ3) is 3.91. The quantitative estimate of drug-likeness (QED) is 0.523. The van der Waals surface area contributed by atoms with E-state index in [0.29, 0.717) is 33.7 Å². The molecule has 8 nitrogen and oxygen atoms in total. The van der Waals surface area contributed by atoms with Gasteiger partial charge in [-0.25, -0.2) is 4.79 Å². The van der Waals surface area contributed by atoms with Gasteiger partial charge in [0.05, 0.1) is 19.2 Å². The highest BCUT2D eigenvalue weighted by Crippen LogP contribution is 2.30. The molecule has 0 saturated heterocycles. The highest BCUT2D eigenvalue weighted by molar-refractivity contribution is 5.99. The summed E-state index contributed by atoms with van der Waals surface area (Å²) in [7, 11) is 1.51. The fourth-order valence-corrected chi connectivity index (χ4v) is 3.05. The molecule has 1 atom stereocenters. The Balaban J connectivity index is 1.45. The van der Waals surface area contributed by atoms with Gasteiger partial charge in [0.25, 0.3) is 5.91 Å². The monoisotopic (exact) mass is 395 g/mol. The Morgan fingerprint density at radius 3 is 2.79 bits per heavy atom. The SMILES string of the molecule is COc1ccc2c(COC(=O)CC3Oc4ccccc4NC3=O)cc(=O)oc2c1. The second-order valence-electron chi connectivity index (χ2n) is 6.41. The first kappa shape index (κ1) is 18.5. The van der Waals surface area contributed by atoms with Crippen molar-refractivity contribution in [2.75, 3.05) is 12.4 Å². The van der Waals surface area contributed by atoms with Gasteiger partial charge in [0.2, 0.25) is 0 Å². The molecule has 1 aliphatic heterocycles. The van der Waals surface area contributed by atoms with Gasteiger partial charge in [-0.3, -0.25) is 9.59 Å². The zero-order valence-corrected chi connectivity index (χ0v) is 15.5. The molecule has 0 fully saturated rings. The highest BCUT2D eigenvalue weighted by atomic mass is 16.5. The Bertz CT molecular complexity index is 1150. The van der Waals surface area contributed by atoms with Gasteiger partial charge in [-0.2, -0.15) is 0 Å². The van der Waals surface area contributed by atoms with Crippen LogP contribution in [0.25, 0.3) is 11.0 Å². The van der Waals surface area contributed by atoms with Crippen molar-refractivity contribution in [2.45, 2.75) is 19.1 Å². The Kier molecular flexibility index (Phi) is 4.90. The van der Waals surface area contributed by atoms with Crippen molar-refractivity contribution in [1.29, 1.82) is 0 Å². The molecule has 4 rings (SSSR count). The summed E-state index contributed by atoms with van der Waals surface area (Å²) < 4.78 is 21.2.